The van der Waals surface area contributed by atoms with Crippen LogP contribution in [0, 0.1) is 0 Å². The normalized spacial score (nSPS) is 12.8. The van der Waals surface area contributed by atoms with E-state index in [4.69, 9.17) is 5.73 Å². The summed E-state index contributed by atoms with van der Waals surface area (Å²) in [5.74, 6) is 0.866. The second kappa shape index (κ2) is 6.21. The number of halogens is 1. The molecule has 0 saturated heterocycles. The fourth-order valence-electron chi connectivity index (χ4n) is 1.98. The van der Waals surface area contributed by atoms with Crippen molar-refractivity contribution in [2.45, 2.75) is 19.9 Å². The van der Waals surface area contributed by atoms with E-state index in [1.807, 2.05) is 6.07 Å². The van der Waals surface area contributed by atoms with Crippen molar-refractivity contribution in [3.05, 3.63) is 16.7 Å². The molecule has 5 heteroatoms. The molecule has 0 aliphatic carbocycles. The summed E-state index contributed by atoms with van der Waals surface area (Å²) in [5.41, 5.74) is 6.73. The van der Waals surface area contributed by atoms with Crippen molar-refractivity contribution < 1.29 is 0 Å². The standard InChI is InChI=1S/C12H21BrN4/c1-5-17(9(2)8-16(3)4)12-11(14)6-10(13)7-15-12/h6-7,9H,5,8,14H2,1-4H3. The van der Waals surface area contributed by atoms with Crippen molar-refractivity contribution in [2.24, 2.45) is 0 Å². The summed E-state index contributed by atoms with van der Waals surface area (Å²) in [5, 5.41) is 0. The lowest BCUT2D eigenvalue weighted by atomic mass is 10.2. The molecule has 1 atom stereocenters. The van der Waals surface area contributed by atoms with Gasteiger partial charge in [-0.15, -0.1) is 0 Å². The summed E-state index contributed by atoms with van der Waals surface area (Å²) in [6.07, 6.45) is 1.79. The Balaban J connectivity index is 2.93. The van der Waals surface area contributed by atoms with E-state index in [1.165, 1.54) is 0 Å². The Morgan fingerprint density at radius 1 is 1.47 bits per heavy atom. The average Bonchev–Trinajstić information content (AvgIpc) is 2.21. The van der Waals surface area contributed by atoms with E-state index in [0.29, 0.717) is 11.7 Å². The SMILES string of the molecule is CCN(c1ncc(Br)cc1N)C(C)CN(C)C. The van der Waals surface area contributed by atoms with E-state index >= 15 is 0 Å². The van der Waals surface area contributed by atoms with E-state index in [2.05, 4.69) is 58.7 Å². The topological polar surface area (TPSA) is 45.4 Å². The molecule has 0 fully saturated rings. The van der Waals surface area contributed by atoms with Crippen molar-refractivity contribution in [1.29, 1.82) is 0 Å². The number of hydrogen-bond donors (Lipinski definition) is 1. The van der Waals surface area contributed by atoms with Crippen LogP contribution in [0.15, 0.2) is 16.7 Å². The molecule has 1 aromatic heterocycles. The number of nitrogens with zero attached hydrogens (tertiary/aromatic N) is 3. The zero-order valence-electron chi connectivity index (χ0n) is 10.9. The molecule has 0 aliphatic heterocycles. The summed E-state index contributed by atoms with van der Waals surface area (Å²) in [6.45, 7) is 6.18. The van der Waals surface area contributed by atoms with Gasteiger partial charge in [0.2, 0.25) is 0 Å². The average molecular weight is 301 g/mol. The molecule has 1 aromatic rings. The Kier molecular flexibility index (Phi) is 5.21. The third kappa shape index (κ3) is 3.85. The fourth-order valence-corrected chi connectivity index (χ4v) is 2.33. The predicted octanol–water partition coefficient (Wildman–Crippen LogP) is 2.20. The fraction of sp³-hybridized carbons (Fsp3) is 0.583. The summed E-state index contributed by atoms with van der Waals surface area (Å²) in [4.78, 5) is 8.81. The summed E-state index contributed by atoms with van der Waals surface area (Å²) in [7, 11) is 4.14. The van der Waals surface area contributed by atoms with Crippen LogP contribution in [0.25, 0.3) is 0 Å². The highest BCUT2D eigenvalue weighted by atomic mass is 79.9. The quantitative estimate of drug-likeness (QED) is 0.905. The van der Waals surface area contributed by atoms with E-state index in [0.717, 1.165) is 23.4 Å². The predicted molar refractivity (Wildman–Crippen MR) is 77.4 cm³/mol. The number of likely N-dealkylation sites (N-methyl/N-ethyl adjacent to an activating group) is 2. The summed E-state index contributed by atoms with van der Waals surface area (Å²) in [6, 6.07) is 2.28. The van der Waals surface area contributed by atoms with Gasteiger partial charge in [-0.25, -0.2) is 4.98 Å². The molecule has 2 N–H and O–H groups in total. The zero-order chi connectivity index (χ0) is 13.0. The van der Waals surface area contributed by atoms with Gasteiger partial charge in [0.15, 0.2) is 5.82 Å². The smallest absolute Gasteiger partial charge is 0.152 e. The second-order valence-electron chi connectivity index (χ2n) is 4.46. The van der Waals surface area contributed by atoms with Gasteiger partial charge in [-0.05, 0) is 49.9 Å². The van der Waals surface area contributed by atoms with Gasteiger partial charge in [0.1, 0.15) is 0 Å². The van der Waals surface area contributed by atoms with Gasteiger partial charge < -0.3 is 15.5 Å². The highest BCUT2D eigenvalue weighted by Crippen LogP contribution is 2.25. The minimum Gasteiger partial charge on any atom is -0.396 e. The van der Waals surface area contributed by atoms with Gasteiger partial charge in [-0.3, -0.25) is 0 Å². The molecule has 0 aromatic carbocycles. The first-order valence-corrected chi connectivity index (χ1v) is 6.57. The number of nitrogen functional groups attached to an aromatic ring is 1. The van der Waals surface area contributed by atoms with Crippen LogP contribution in [0.5, 0.6) is 0 Å². The van der Waals surface area contributed by atoms with Crippen molar-refractivity contribution >= 4 is 27.4 Å². The third-order valence-electron chi connectivity index (χ3n) is 2.64. The molecular formula is C12H21BrN4. The van der Waals surface area contributed by atoms with E-state index in [9.17, 15) is 0 Å². The number of hydrogen-bond acceptors (Lipinski definition) is 4. The van der Waals surface area contributed by atoms with Crippen LogP contribution < -0.4 is 10.6 Å². The Hall–Kier alpha value is -0.810. The largest absolute Gasteiger partial charge is 0.396 e. The molecule has 0 radical (unpaired) electrons. The van der Waals surface area contributed by atoms with Gasteiger partial charge in [0.05, 0.1) is 5.69 Å². The van der Waals surface area contributed by atoms with Gasteiger partial charge in [0, 0.05) is 29.8 Å². The summed E-state index contributed by atoms with van der Waals surface area (Å²) >= 11 is 3.38. The van der Waals surface area contributed by atoms with Crippen LogP contribution in [-0.2, 0) is 0 Å². The minimum atomic E-state index is 0.381. The van der Waals surface area contributed by atoms with Crippen LogP contribution in [0.1, 0.15) is 13.8 Å². The molecule has 1 heterocycles. The van der Waals surface area contributed by atoms with E-state index < -0.39 is 0 Å². The van der Waals surface area contributed by atoms with Gasteiger partial charge in [-0.2, -0.15) is 0 Å². The van der Waals surface area contributed by atoms with Crippen LogP contribution >= 0.6 is 15.9 Å². The maximum Gasteiger partial charge on any atom is 0.152 e. The molecule has 0 aliphatic rings. The van der Waals surface area contributed by atoms with Crippen molar-refractivity contribution in [1.82, 2.24) is 9.88 Å². The Labute approximate surface area is 112 Å². The maximum atomic E-state index is 6.02. The molecule has 96 valence electrons. The first kappa shape index (κ1) is 14.3. The third-order valence-corrected chi connectivity index (χ3v) is 3.07. The lowest BCUT2D eigenvalue weighted by molar-refractivity contribution is 0.372. The number of nitrogens with two attached hydrogens (primary N) is 1. The van der Waals surface area contributed by atoms with E-state index in [-0.39, 0.29) is 0 Å². The first-order chi connectivity index (χ1) is 7.95. The highest BCUT2D eigenvalue weighted by Gasteiger charge is 2.17. The molecule has 1 unspecified atom stereocenters. The first-order valence-electron chi connectivity index (χ1n) is 5.78. The molecule has 17 heavy (non-hydrogen) atoms. The van der Waals surface area contributed by atoms with Crippen molar-refractivity contribution in [3.63, 3.8) is 0 Å². The van der Waals surface area contributed by atoms with Crippen molar-refractivity contribution in [3.8, 4) is 0 Å². The number of rotatable bonds is 5. The Morgan fingerprint density at radius 2 is 2.12 bits per heavy atom. The monoisotopic (exact) mass is 300 g/mol. The number of pyridine rings is 1. The molecule has 0 saturated carbocycles. The Morgan fingerprint density at radius 3 is 2.59 bits per heavy atom. The van der Waals surface area contributed by atoms with Crippen molar-refractivity contribution in [2.75, 3.05) is 37.8 Å². The van der Waals surface area contributed by atoms with Crippen LogP contribution in [0.3, 0.4) is 0 Å². The van der Waals surface area contributed by atoms with Crippen LogP contribution in [0.4, 0.5) is 11.5 Å². The van der Waals surface area contributed by atoms with E-state index in [1.54, 1.807) is 6.20 Å². The van der Waals surface area contributed by atoms with Crippen LogP contribution in [0.2, 0.25) is 0 Å². The molecule has 0 amide bonds. The number of aromatic nitrogens is 1. The molecular weight excluding hydrogens is 280 g/mol. The lowest BCUT2D eigenvalue weighted by Crippen LogP contribution is -2.40. The highest BCUT2D eigenvalue weighted by molar-refractivity contribution is 9.10. The minimum absolute atomic E-state index is 0.381. The lowest BCUT2D eigenvalue weighted by Gasteiger charge is -2.31. The molecule has 1 rings (SSSR count). The molecule has 0 spiro atoms. The molecule has 0 bridgehead atoms. The van der Waals surface area contributed by atoms with Gasteiger partial charge >= 0.3 is 0 Å². The van der Waals surface area contributed by atoms with Crippen LogP contribution in [-0.4, -0.2) is 43.1 Å². The van der Waals surface area contributed by atoms with Gasteiger partial charge in [-0.1, -0.05) is 0 Å². The maximum absolute atomic E-state index is 6.02. The zero-order valence-corrected chi connectivity index (χ0v) is 12.5. The number of anilines is 2. The molecule has 4 nitrogen and oxygen atoms in total. The van der Waals surface area contributed by atoms with Gasteiger partial charge in [0.25, 0.3) is 0 Å². The summed E-state index contributed by atoms with van der Waals surface area (Å²) < 4.78 is 0.912. The second-order valence-corrected chi connectivity index (χ2v) is 5.38. The Bertz CT molecular complexity index is 368.